The van der Waals surface area contributed by atoms with E-state index in [-0.39, 0.29) is 24.8 Å². The Kier molecular flexibility index (Phi) is 10.9. The Morgan fingerprint density at radius 3 is 2.21 bits per heavy atom. The molecule has 9 heteroatoms. The van der Waals surface area contributed by atoms with Crippen LogP contribution in [-0.4, -0.2) is 35.5 Å². The van der Waals surface area contributed by atoms with Gasteiger partial charge in [0, 0.05) is 24.1 Å². The lowest BCUT2D eigenvalue weighted by atomic mass is 10.1. The fourth-order valence-corrected chi connectivity index (χ4v) is 3.46. The maximum absolute atomic E-state index is 12.1. The Labute approximate surface area is 221 Å². The number of aryl methyl sites for hydroxylation is 1. The zero-order chi connectivity index (χ0) is 27.2. The first-order valence-corrected chi connectivity index (χ1v) is 12.3. The predicted octanol–water partition coefficient (Wildman–Crippen LogP) is 5.14. The van der Waals surface area contributed by atoms with E-state index in [0.29, 0.717) is 49.3 Å². The van der Waals surface area contributed by atoms with Gasteiger partial charge in [-0.25, -0.2) is 4.79 Å². The standard InChI is InChI=1S/C29H31N3O6/c30-28(32-29(36)38-20-22-6-2-1-3-7-22)23-12-16-25(17-13-23)37-19-5-4-8-26(33)31-24-14-9-21(10-15-24)11-18-27(34)35/h1-3,6-7,9-10,12-17H,4-5,8,11,18-20H2,(H,31,33)(H,34,35)(H2,30,32,36). The molecule has 0 fully saturated rings. The van der Waals surface area contributed by atoms with E-state index in [9.17, 15) is 14.4 Å². The summed E-state index contributed by atoms with van der Waals surface area (Å²) in [5, 5.41) is 22.0. The van der Waals surface area contributed by atoms with E-state index < -0.39 is 12.1 Å². The highest BCUT2D eigenvalue weighted by atomic mass is 16.5. The van der Waals surface area contributed by atoms with Gasteiger partial charge in [0.25, 0.3) is 0 Å². The van der Waals surface area contributed by atoms with Crippen molar-refractivity contribution in [3.8, 4) is 5.75 Å². The molecule has 9 nitrogen and oxygen atoms in total. The van der Waals surface area contributed by atoms with Crippen LogP contribution in [0, 0.1) is 5.41 Å². The molecule has 3 aromatic rings. The quantitative estimate of drug-likeness (QED) is 0.141. The zero-order valence-corrected chi connectivity index (χ0v) is 20.9. The molecule has 0 bridgehead atoms. The lowest BCUT2D eigenvalue weighted by molar-refractivity contribution is -0.137. The highest BCUT2D eigenvalue weighted by molar-refractivity contribution is 6.04. The molecule has 0 aliphatic heterocycles. The highest BCUT2D eigenvalue weighted by Gasteiger charge is 2.09. The van der Waals surface area contributed by atoms with Gasteiger partial charge in [0.15, 0.2) is 0 Å². The number of alkyl carbamates (subject to hydrolysis) is 1. The normalized spacial score (nSPS) is 10.3. The van der Waals surface area contributed by atoms with Crippen LogP contribution in [0.25, 0.3) is 0 Å². The molecule has 0 heterocycles. The van der Waals surface area contributed by atoms with Gasteiger partial charge in [0.05, 0.1) is 6.61 Å². The first-order valence-electron chi connectivity index (χ1n) is 12.3. The molecule has 0 aliphatic carbocycles. The molecule has 0 aromatic heterocycles. The van der Waals surface area contributed by atoms with Crippen molar-refractivity contribution in [1.82, 2.24) is 5.32 Å². The third kappa shape index (κ3) is 10.1. The van der Waals surface area contributed by atoms with Crippen molar-refractivity contribution < 1.29 is 29.0 Å². The minimum atomic E-state index is -0.838. The molecule has 198 valence electrons. The van der Waals surface area contributed by atoms with Crippen LogP contribution in [0.15, 0.2) is 78.9 Å². The van der Waals surface area contributed by atoms with Gasteiger partial charge < -0.3 is 19.9 Å². The summed E-state index contributed by atoms with van der Waals surface area (Å²) < 4.78 is 10.8. The zero-order valence-electron chi connectivity index (χ0n) is 20.9. The van der Waals surface area contributed by atoms with E-state index in [2.05, 4.69) is 10.6 Å². The number of aliphatic carboxylic acids is 1. The van der Waals surface area contributed by atoms with Crippen LogP contribution in [0.4, 0.5) is 10.5 Å². The van der Waals surface area contributed by atoms with Gasteiger partial charge in [-0.1, -0.05) is 42.5 Å². The van der Waals surface area contributed by atoms with Crippen molar-refractivity contribution in [2.75, 3.05) is 11.9 Å². The fraction of sp³-hybridized carbons (Fsp3) is 0.241. The van der Waals surface area contributed by atoms with E-state index >= 15 is 0 Å². The summed E-state index contributed by atoms with van der Waals surface area (Å²) in [6.45, 7) is 0.560. The minimum absolute atomic E-state index is 0.0736. The molecule has 3 rings (SSSR count). The van der Waals surface area contributed by atoms with Crippen LogP contribution in [0.1, 0.15) is 42.4 Å². The van der Waals surface area contributed by atoms with Gasteiger partial charge >= 0.3 is 12.1 Å². The Balaban J connectivity index is 1.29. The number of hydrogen-bond donors (Lipinski definition) is 4. The molecule has 0 radical (unpaired) electrons. The highest BCUT2D eigenvalue weighted by Crippen LogP contribution is 2.14. The third-order valence-electron chi connectivity index (χ3n) is 5.51. The molecule has 0 unspecified atom stereocenters. The molecule has 0 atom stereocenters. The van der Waals surface area contributed by atoms with Crippen LogP contribution in [0.3, 0.4) is 0 Å². The smallest absolute Gasteiger partial charge is 0.413 e. The van der Waals surface area contributed by atoms with E-state index in [1.807, 2.05) is 42.5 Å². The van der Waals surface area contributed by atoms with Crippen LogP contribution >= 0.6 is 0 Å². The molecule has 2 amide bonds. The summed E-state index contributed by atoms with van der Waals surface area (Å²) in [4.78, 5) is 34.7. The molecule has 0 spiro atoms. The van der Waals surface area contributed by atoms with Crippen molar-refractivity contribution in [2.45, 2.75) is 38.7 Å². The molecule has 0 saturated carbocycles. The Morgan fingerprint density at radius 1 is 0.816 bits per heavy atom. The number of carbonyl (C=O) groups excluding carboxylic acids is 2. The first-order chi connectivity index (χ1) is 18.4. The lowest BCUT2D eigenvalue weighted by Crippen LogP contribution is -2.30. The molecular weight excluding hydrogens is 486 g/mol. The predicted molar refractivity (Wildman–Crippen MR) is 143 cm³/mol. The number of nitrogens with one attached hydrogen (secondary N) is 3. The summed E-state index contributed by atoms with van der Waals surface area (Å²) in [5.41, 5.74) is 2.96. The van der Waals surface area contributed by atoms with E-state index in [4.69, 9.17) is 20.0 Å². The molecule has 0 aliphatic rings. The molecular formula is C29H31N3O6. The Morgan fingerprint density at radius 2 is 1.53 bits per heavy atom. The van der Waals surface area contributed by atoms with Gasteiger partial charge in [-0.15, -0.1) is 0 Å². The monoisotopic (exact) mass is 517 g/mol. The number of carboxylic acid groups (broad SMARTS) is 1. The van der Waals surface area contributed by atoms with Gasteiger partial charge in [-0.05, 0) is 66.8 Å². The number of benzene rings is 3. The van der Waals surface area contributed by atoms with Crippen molar-refractivity contribution in [1.29, 1.82) is 5.41 Å². The second-order valence-electron chi connectivity index (χ2n) is 8.53. The minimum Gasteiger partial charge on any atom is -0.494 e. The second-order valence-corrected chi connectivity index (χ2v) is 8.53. The molecule has 3 aromatic carbocycles. The van der Waals surface area contributed by atoms with E-state index in [1.54, 1.807) is 36.4 Å². The van der Waals surface area contributed by atoms with Gasteiger partial charge in [0.1, 0.15) is 18.2 Å². The van der Waals surface area contributed by atoms with E-state index in [0.717, 1.165) is 11.1 Å². The number of anilines is 1. The summed E-state index contributed by atoms with van der Waals surface area (Å²) >= 11 is 0. The summed E-state index contributed by atoms with van der Waals surface area (Å²) in [7, 11) is 0. The summed E-state index contributed by atoms with van der Waals surface area (Å²) in [6.07, 6.45) is 1.52. The second kappa shape index (κ2) is 14.8. The fourth-order valence-electron chi connectivity index (χ4n) is 3.46. The number of amides is 2. The van der Waals surface area contributed by atoms with Gasteiger partial charge in [0.2, 0.25) is 5.91 Å². The van der Waals surface area contributed by atoms with Crippen LogP contribution in [0.2, 0.25) is 0 Å². The van der Waals surface area contributed by atoms with Crippen LogP contribution in [-0.2, 0) is 27.4 Å². The average Bonchev–Trinajstić information content (AvgIpc) is 2.92. The van der Waals surface area contributed by atoms with Crippen LogP contribution in [0.5, 0.6) is 5.75 Å². The molecule has 38 heavy (non-hydrogen) atoms. The van der Waals surface area contributed by atoms with Crippen molar-refractivity contribution in [3.63, 3.8) is 0 Å². The maximum atomic E-state index is 12.1. The van der Waals surface area contributed by atoms with Gasteiger partial charge in [-0.3, -0.25) is 20.3 Å². The topological polar surface area (TPSA) is 138 Å². The van der Waals surface area contributed by atoms with Gasteiger partial charge in [-0.2, -0.15) is 0 Å². The summed E-state index contributed by atoms with van der Waals surface area (Å²) in [6, 6.07) is 23.2. The van der Waals surface area contributed by atoms with Crippen molar-refractivity contribution in [3.05, 3.63) is 95.6 Å². The Bertz CT molecular complexity index is 1210. The van der Waals surface area contributed by atoms with Crippen molar-refractivity contribution in [2.24, 2.45) is 0 Å². The number of unbranched alkanes of at least 4 members (excludes halogenated alkanes) is 1. The van der Waals surface area contributed by atoms with Crippen molar-refractivity contribution >= 4 is 29.5 Å². The SMILES string of the molecule is N=C(NC(=O)OCc1ccccc1)c1ccc(OCCCCC(=O)Nc2ccc(CCC(=O)O)cc2)cc1. The molecule has 4 N–H and O–H groups in total. The largest absolute Gasteiger partial charge is 0.494 e. The number of amidine groups is 1. The number of carbonyl (C=O) groups is 3. The number of hydrogen-bond acceptors (Lipinski definition) is 6. The average molecular weight is 518 g/mol. The first kappa shape index (κ1) is 27.9. The van der Waals surface area contributed by atoms with Crippen LogP contribution < -0.4 is 15.4 Å². The lowest BCUT2D eigenvalue weighted by Gasteiger charge is -2.10. The Hall–Kier alpha value is -4.66. The maximum Gasteiger partial charge on any atom is 0.413 e. The number of ether oxygens (including phenoxy) is 2. The van der Waals surface area contributed by atoms with E-state index in [1.165, 1.54) is 0 Å². The number of carboxylic acids is 1. The molecule has 0 saturated heterocycles. The number of rotatable bonds is 13. The third-order valence-corrected chi connectivity index (χ3v) is 5.51. The summed E-state index contributed by atoms with van der Waals surface area (Å²) in [5.74, 6) is -0.382.